The van der Waals surface area contributed by atoms with E-state index in [1.807, 2.05) is 44.2 Å². The van der Waals surface area contributed by atoms with Crippen molar-refractivity contribution in [2.24, 2.45) is 0 Å². The van der Waals surface area contributed by atoms with E-state index in [9.17, 15) is 4.79 Å². The predicted molar refractivity (Wildman–Crippen MR) is 80.8 cm³/mol. The van der Waals surface area contributed by atoms with Crippen molar-refractivity contribution in [2.75, 3.05) is 12.1 Å². The van der Waals surface area contributed by atoms with Gasteiger partial charge in [-0.2, -0.15) is 0 Å². The molecule has 21 heavy (non-hydrogen) atoms. The van der Waals surface area contributed by atoms with Gasteiger partial charge in [0.15, 0.2) is 11.5 Å². The Morgan fingerprint density at radius 1 is 1.05 bits per heavy atom. The highest BCUT2D eigenvalue weighted by Crippen LogP contribution is 2.32. The maximum absolute atomic E-state index is 12.1. The number of aryl methyl sites for hydroxylation is 2. The Morgan fingerprint density at radius 3 is 2.52 bits per heavy atom. The molecular formula is C17H17NO3. The molecule has 1 aliphatic rings. The minimum Gasteiger partial charge on any atom is -0.454 e. The van der Waals surface area contributed by atoms with E-state index in [0.29, 0.717) is 12.2 Å². The van der Waals surface area contributed by atoms with Crippen LogP contribution in [-0.2, 0) is 11.2 Å². The van der Waals surface area contributed by atoms with Crippen LogP contribution in [0.25, 0.3) is 0 Å². The van der Waals surface area contributed by atoms with Gasteiger partial charge in [0, 0.05) is 5.69 Å². The van der Waals surface area contributed by atoms with Crippen LogP contribution in [0.5, 0.6) is 11.5 Å². The van der Waals surface area contributed by atoms with Gasteiger partial charge in [-0.1, -0.05) is 12.1 Å². The highest BCUT2D eigenvalue weighted by Gasteiger charge is 2.14. The lowest BCUT2D eigenvalue weighted by Gasteiger charge is -2.08. The van der Waals surface area contributed by atoms with E-state index in [2.05, 4.69) is 11.4 Å². The summed E-state index contributed by atoms with van der Waals surface area (Å²) in [5, 5.41) is 2.93. The minimum atomic E-state index is -0.0427. The lowest BCUT2D eigenvalue weighted by Crippen LogP contribution is -2.14. The summed E-state index contributed by atoms with van der Waals surface area (Å²) >= 11 is 0. The molecule has 0 fully saturated rings. The van der Waals surface area contributed by atoms with Crippen LogP contribution >= 0.6 is 0 Å². The molecule has 0 radical (unpaired) electrons. The first kappa shape index (κ1) is 13.5. The number of benzene rings is 2. The van der Waals surface area contributed by atoms with Crippen molar-refractivity contribution in [3.63, 3.8) is 0 Å². The lowest BCUT2D eigenvalue weighted by molar-refractivity contribution is -0.115. The molecule has 1 N–H and O–H groups in total. The van der Waals surface area contributed by atoms with E-state index in [0.717, 1.165) is 28.1 Å². The van der Waals surface area contributed by atoms with Crippen molar-refractivity contribution in [3.8, 4) is 11.5 Å². The molecule has 1 heterocycles. The lowest BCUT2D eigenvalue weighted by atomic mass is 10.1. The molecule has 0 atom stereocenters. The Labute approximate surface area is 123 Å². The Balaban J connectivity index is 1.69. The van der Waals surface area contributed by atoms with Crippen LogP contribution in [0.1, 0.15) is 16.7 Å². The zero-order valence-corrected chi connectivity index (χ0v) is 12.1. The van der Waals surface area contributed by atoms with Gasteiger partial charge in [-0.15, -0.1) is 0 Å². The van der Waals surface area contributed by atoms with Gasteiger partial charge >= 0.3 is 0 Å². The molecule has 0 saturated carbocycles. The summed E-state index contributed by atoms with van der Waals surface area (Å²) in [6.45, 7) is 4.27. The molecule has 2 aromatic carbocycles. The first-order valence-corrected chi connectivity index (χ1v) is 6.87. The second kappa shape index (κ2) is 5.48. The predicted octanol–water partition coefficient (Wildman–Crippen LogP) is 3.21. The number of ether oxygens (including phenoxy) is 2. The Hall–Kier alpha value is -2.49. The molecule has 0 saturated heterocycles. The van der Waals surface area contributed by atoms with Crippen molar-refractivity contribution >= 4 is 11.6 Å². The minimum absolute atomic E-state index is 0.0427. The molecule has 0 bridgehead atoms. The van der Waals surface area contributed by atoms with Crippen LogP contribution in [-0.4, -0.2) is 12.7 Å². The number of hydrogen-bond donors (Lipinski definition) is 1. The van der Waals surface area contributed by atoms with Crippen molar-refractivity contribution < 1.29 is 14.3 Å². The van der Waals surface area contributed by atoms with Crippen LogP contribution in [0.2, 0.25) is 0 Å². The molecule has 3 rings (SSSR count). The molecule has 0 aromatic heterocycles. The third kappa shape index (κ3) is 3.16. The topological polar surface area (TPSA) is 47.6 Å². The number of hydrogen-bond acceptors (Lipinski definition) is 3. The molecule has 1 amide bonds. The Kier molecular flexibility index (Phi) is 3.52. The quantitative estimate of drug-likeness (QED) is 0.941. The zero-order chi connectivity index (χ0) is 14.8. The van der Waals surface area contributed by atoms with Crippen LogP contribution in [0.3, 0.4) is 0 Å². The van der Waals surface area contributed by atoms with Gasteiger partial charge in [0.2, 0.25) is 12.7 Å². The summed E-state index contributed by atoms with van der Waals surface area (Å²) < 4.78 is 10.6. The van der Waals surface area contributed by atoms with E-state index >= 15 is 0 Å². The monoisotopic (exact) mass is 283 g/mol. The normalized spacial score (nSPS) is 12.3. The molecule has 0 aliphatic carbocycles. The van der Waals surface area contributed by atoms with Crippen LogP contribution in [0.15, 0.2) is 36.4 Å². The molecule has 4 nitrogen and oxygen atoms in total. The third-order valence-electron chi connectivity index (χ3n) is 3.31. The number of anilines is 1. The number of fused-ring (bicyclic) bond motifs is 1. The van der Waals surface area contributed by atoms with E-state index < -0.39 is 0 Å². The maximum Gasteiger partial charge on any atom is 0.231 e. The van der Waals surface area contributed by atoms with Crippen molar-refractivity contribution in [1.82, 2.24) is 0 Å². The standard InChI is InChI=1S/C17H17NO3/c1-11-5-12(2)7-14(6-11)18-17(19)9-13-3-4-15-16(8-13)21-10-20-15/h3-8H,9-10H2,1-2H3,(H,18,19). The van der Waals surface area contributed by atoms with E-state index in [-0.39, 0.29) is 12.7 Å². The second-order valence-electron chi connectivity index (χ2n) is 5.29. The summed E-state index contributed by atoms with van der Waals surface area (Å²) in [5.74, 6) is 1.39. The molecule has 1 aliphatic heterocycles. The van der Waals surface area contributed by atoms with Crippen LogP contribution in [0.4, 0.5) is 5.69 Å². The Morgan fingerprint density at radius 2 is 1.76 bits per heavy atom. The van der Waals surface area contributed by atoms with E-state index in [4.69, 9.17) is 9.47 Å². The number of carbonyl (C=O) groups is 1. The second-order valence-corrected chi connectivity index (χ2v) is 5.29. The maximum atomic E-state index is 12.1. The number of nitrogens with one attached hydrogen (secondary N) is 1. The van der Waals surface area contributed by atoms with Crippen LogP contribution < -0.4 is 14.8 Å². The zero-order valence-electron chi connectivity index (χ0n) is 12.1. The molecular weight excluding hydrogens is 266 g/mol. The van der Waals surface area contributed by atoms with Gasteiger partial charge in [-0.3, -0.25) is 4.79 Å². The molecule has 0 unspecified atom stereocenters. The SMILES string of the molecule is Cc1cc(C)cc(NC(=O)Cc2ccc3c(c2)OCO3)c1. The van der Waals surface area contributed by atoms with Crippen molar-refractivity contribution in [2.45, 2.75) is 20.3 Å². The first-order valence-electron chi connectivity index (χ1n) is 6.87. The summed E-state index contributed by atoms with van der Waals surface area (Å²) in [6, 6.07) is 11.6. The van der Waals surface area contributed by atoms with Gasteiger partial charge < -0.3 is 14.8 Å². The van der Waals surface area contributed by atoms with Gasteiger partial charge in [0.1, 0.15) is 0 Å². The smallest absolute Gasteiger partial charge is 0.231 e. The fourth-order valence-electron chi connectivity index (χ4n) is 2.49. The molecule has 108 valence electrons. The van der Waals surface area contributed by atoms with Crippen LogP contribution in [0, 0.1) is 13.8 Å². The van der Waals surface area contributed by atoms with Gasteiger partial charge in [-0.05, 0) is 54.8 Å². The summed E-state index contributed by atoms with van der Waals surface area (Å²) in [6.07, 6.45) is 0.309. The number of amides is 1. The van der Waals surface area contributed by atoms with Crippen molar-refractivity contribution in [3.05, 3.63) is 53.1 Å². The van der Waals surface area contributed by atoms with Crippen molar-refractivity contribution in [1.29, 1.82) is 0 Å². The van der Waals surface area contributed by atoms with Gasteiger partial charge in [0.25, 0.3) is 0 Å². The molecule has 4 heteroatoms. The molecule has 0 spiro atoms. The van der Waals surface area contributed by atoms with E-state index in [1.165, 1.54) is 0 Å². The first-order chi connectivity index (χ1) is 10.1. The molecule has 2 aromatic rings. The third-order valence-corrected chi connectivity index (χ3v) is 3.31. The average molecular weight is 283 g/mol. The highest BCUT2D eigenvalue weighted by molar-refractivity contribution is 5.92. The number of rotatable bonds is 3. The van der Waals surface area contributed by atoms with E-state index in [1.54, 1.807) is 0 Å². The fraction of sp³-hybridized carbons (Fsp3) is 0.235. The largest absolute Gasteiger partial charge is 0.454 e. The summed E-state index contributed by atoms with van der Waals surface area (Å²) in [7, 11) is 0. The van der Waals surface area contributed by atoms with Gasteiger partial charge in [0.05, 0.1) is 6.42 Å². The number of carbonyl (C=O) groups excluding carboxylic acids is 1. The van der Waals surface area contributed by atoms with Gasteiger partial charge in [-0.25, -0.2) is 0 Å². The average Bonchev–Trinajstić information content (AvgIpc) is 2.84. The fourth-order valence-corrected chi connectivity index (χ4v) is 2.49. The highest BCUT2D eigenvalue weighted by atomic mass is 16.7. The summed E-state index contributed by atoms with van der Waals surface area (Å²) in [5.41, 5.74) is 4.00. The Bertz CT molecular complexity index is 674. The summed E-state index contributed by atoms with van der Waals surface area (Å²) in [4.78, 5) is 12.1.